The molecular weight excluding hydrogens is 365 g/mol. The Kier molecular flexibility index (Phi) is 6.28. The average molecular weight is 392 g/mol. The van der Waals surface area contributed by atoms with Crippen LogP contribution in [-0.2, 0) is 16.2 Å². The zero-order valence-corrected chi connectivity index (χ0v) is 16.2. The van der Waals surface area contributed by atoms with Gasteiger partial charge >= 0.3 is 6.18 Å². The van der Waals surface area contributed by atoms with E-state index in [9.17, 15) is 21.6 Å². The summed E-state index contributed by atoms with van der Waals surface area (Å²) in [6.07, 6.45) is -0.835. The monoisotopic (exact) mass is 392 g/mol. The van der Waals surface area contributed by atoms with Crippen molar-refractivity contribution in [2.75, 3.05) is 11.9 Å². The fraction of sp³-hybridized carbons (Fsp3) is 0.667. The number of hydrogen-bond acceptors (Lipinski definition) is 3. The van der Waals surface area contributed by atoms with Crippen LogP contribution in [0.4, 0.5) is 18.9 Å². The van der Waals surface area contributed by atoms with E-state index in [2.05, 4.69) is 10.0 Å². The molecule has 0 saturated heterocycles. The van der Waals surface area contributed by atoms with Gasteiger partial charge in [0, 0.05) is 18.3 Å². The van der Waals surface area contributed by atoms with Crippen LogP contribution < -0.4 is 10.0 Å². The lowest BCUT2D eigenvalue weighted by atomic mass is 9.86. The number of alkyl halides is 3. The van der Waals surface area contributed by atoms with Crippen molar-refractivity contribution in [3.63, 3.8) is 0 Å². The smallest absolute Gasteiger partial charge is 0.382 e. The summed E-state index contributed by atoms with van der Waals surface area (Å²) in [4.78, 5) is 0. The molecule has 0 bridgehead atoms. The first-order chi connectivity index (χ1) is 11.9. The van der Waals surface area contributed by atoms with Crippen LogP contribution in [0.5, 0.6) is 0 Å². The molecule has 1 saturated carbocycles. The second-order valence-electron chi connectivity index (χ2n) is 7.90. The van der Waals surface area contributed by atoms with Crippen molar-refractivity contribution in [3.05, 3.63) is 29.8 Å². The van der Waals surface area contributed by atoms with Gasteiger partial charge < -0.3 is 5.32 Å². The van der Waals surface area contributed by atoms with Crippen molar-refractivity contribution in [2.24, 2.45) is 5.92 Å². The lowest BCUT2D eigenvalue weighted by Crippen LogP contribution is -2.42. The highest BCUT2D eigenvalue weighted by Gasteiger charge is 2.31. The Morgan fingerprint density at radius 3 is 2.00 bits per heavy atom. The number of sulfonamides is 1. The molecule has 0 spiro atoms. The second-order valence-corrected chi connectivity index (χ2v) is 10.4. The van der Waals surface area contributed by atoms with Crippen LogP contribution in [0.3, 0.4) is 0 Å². The molecule has 2 rings (SSSR count). The summed E-state index contributed by atoms with van der Waals surface area (Å²) in [5, 5.41) is 3.27. The molecule has 0 aliphatic heterocycles. The van der Waals surface area contributed by atoms with Crippen molar-refractivity contribution in [1.82, 2.24) is 4.72 Å². The van der Waals surface area contributed by atoms with Gasteiger partial charge in [0.1, 0.15) is 0 Å². The minimum atomic E-state index is -4.32. The maximum atomic E-state index is 12.6. The third-order valence-corrected chi connectivity index (χ3v) is 6.96. The van der Waals surface area contributed by atoms with Gasteiger partial charge in [0.15, 0.2) is 0 Å². The van der Waals surface area contributed by atoms with Crippen LogP contribution in [-0.4, -0.2) is 25.8 Å². The van der Waals surface area contributed by atoms with Crippen LogP contribution in [0.15, 0.2) is 24.3 Å². The van der Waals surface area contributed by atoms with Gasteiger partial charge in [-0.1, -0.05) is 0 Å². The molecule has 0 aromatic heterocycles. The molecule has 1 fully saturated rings. The van der Waals surface area contributed by atoms with Crippen LogP contribution in [0.1, 0.15) is 52.0 Å². The number of nitrogens with one attached hydrogen (secondary N) is 2. The molecule has 1 aromatic carbocycles. The van der Waals surface area contributed by atoms with Gasteiger partial charge in [-0.25, -0.2) is 13.1 Å². The van der Waals surface area contributed by atoms with Gasteiger partial charge in [0.05, 0.1) is 10.3 Å². The summed E-state index contributed by atoms with van der Waals surface area (Å²) in [6.45, 7) is 5.44. The maximum absolute atomic E-state index is 12.6. The van der Waals surface area contributed by atoms with Crippen molar-refractivity contribution in [2.45, 2.75) is 63.4 Å². The number of halogens is 3. The van der Waals surface area contributed by atoms with E-state index in [-0.39, 0.29) is 12.0 Å². The molecule has 0 amide bonds. The maximum Gasteiger partial charge on any atom is 0.416 e. The quantitative estimate of drug-likeness (QED) is 0.781. The standard InChI is InChI=1S/C18H27F3N2O2S/c1-17(2,3)26(24,25)22-12-13-4-8-15(9-5-13)23-16-10-6-14(7-11-16)18(19,20)21/h6-7,10-11,13,15,22-23H,4-5,8-9,12H2,1-3H3/t13-,15-. The molecule has 2 N–H and O–H groups in total. The topological polar surface area (TPSA) is 58.2 Å². The largest absolute Gasteiger partial charge is 0.416 e. The molecule has 1 aliphatic rings. The Labute approximate surface area is 153 Å². The fourth-order valence-corrected chi connectivity index (χ4v) is 3.83. The molecule has 0 atom stereocenters. The van der Waals surface area contributed by atoms with Gasteiger partial charge in [0.25, 0.3) is 0 Å². The van der Waals surface area contributed by atoms with Crippen molar-refractivity contribution >= 4 is 15.7 Å². The molecule has 4 nitrogen and oxygen atoms in total. The molecule has 0 heterocycles. The minimum Gasteiger partial charge on any atom is -0.382 e. The lowest BCUT2D eigenvalue weighted by molar-refractivity contribution is -0.137. The Bertz CT molecular complexity index is 687. The van der Waals surface area contributed by atoms with E-state index < -0.39 is 26.5 Å². The summed E-state index contributed by atoms with van der Waals surface area (Å²) in [5.74, 6) is 0.290. The summed E-state index contributed by atoms with van der Waals surface area (Å²) in [6, 6.07) is 5.26. The summed E-state index contributed by atoms with van der Waals surface area (Å²) >= 11 is 0. The minimum absolute atomic E-state index is 0.196. The first kappa shape index (κ1) is 21.0. The Hall–Kier alpha value is -1.28. The van der Waals surface area contributed by atoms with Crippen LogP contribution in [0.25, 0.3) is 0 Å². The predicted molar refractivity (Wildman–Crippen MR) is 97.5 cm³/mol. The molecule has 26 heavy (non-hydrogen) atoms. The van der Waals surface area contributed by atoms with E-state index in [0.717, 1.165) is 37.8 Å². The van der Waals surface area contributed by atoms with Crippen LogP contribution in [0.2, 0.25) is 0 Å². The first-order valence-electron chi connectivity index (χ1n) is 8.81. The summed E-state index contributed by atoms with van der Waals surface area (Å²) in [5.41, 5.74) is 0.0211. The normalized spacial score (nSPS) is 22.2. The van der Waals surface area contributed by atoms with Crippen molar-refractivity contribution < 1.29 is 21.6 Å². The van der Waals surface area contributed by atoms with E-state index in [0.29, 0.717) is 12.2 Å². The van der Waals surface area contributed by atoms with Gasteiger partial charge in [-0.2, -0.15) is 13.2 Å². The Morgan fingerprint density at radius 1 is 1.00 bits per heavy atom. The van der Waals surface area contributed by atoms with E-state index >= 15 is 0 Å². The van der Waals surface area contributed by atoms with Gasteiger partial charge in [0.2, 0.25) is 10.0 Å². The Balaban J connectivity index is 1.80. The molecular formula is C18H27F3N2O2S. The van der Waals surface area contributed by atoms with Crippen molar-refractivity contribution in [3.8, 4) is 0 Å². The summed E-state index contributed by atoms with van der Waals surface area (Å²) < 4.78 is 63.8. The van der Waals surface area contributed by atoms with E-state index in [4.69, 9.17) is 0 Å². The molecule has 0 radical (unpaired) electrons. The highest BCUT2D eigenvalue weighted by atomic mass is 32.2. The fourth-order valence-electron chi connectivity index (χ4n) is 2.95. The van der Waals surface area contributed by atoms with Gasteiger partial charge in [-0.05, 0) is 76.6 Å². The highest BCUT2D eigenvalue weighted by molar-refractivity contribution is 7.90. The van der Waals surface area contributed by atoms with Crippen LogP contribution in [0, 0.1) is 5.92 Å². The number of benzene rings is 1. The SMILES string of the molecule is CC(C)(C)S(=O)(=O)NC[C@H]1CC[C@H](Nc2ccc(C(F)(F)F)cc2)CC1. The van der Waals surface area contributed by atoms with Crippen LogP contribution >= 0.6 is 0 Å². The molecule has 0 unspecified atom stereocenters. The van der Waals surface area contributed by atoms with E-state index in [1.165, 1.54) is 12.1 Å². The third kappa shape index (κ3) is 5.61. The first-order valence-corrected chi connectivity index (χ1v) is 10.3. The lowest BCUT2D eigenvalue weighted by Gasteiger charge is -2.30. The van der Waals surface area contributed by atoms with Gasteiger partial charge in [-0.3, -0.25) is 0 Å². The number of anilines is 1. The number of rotatable bonds is 5. The summed E-state index contributed by atoms with van der Waals surface area (Å²) in [7, 11) is -3.33. The molecule has 148 valence electrons. The Morgan fingerprint density at radius 2 is 1.54 bits per heavy atom. The molecule has 1 aliphatic carbocycles. The number of hydrogen-bond donors (Lipinski definition) is 2. The molecule has 8 heteroatoms. The van der Waals surface area contributed by atoms with E-state index in [1.807, 2.05) is 0 Å². The molecule has 1 aromatic rings. The van der Waals surface area contributed by atoms with E-state index in [1.54, 1.807) is 20.8 Å². The predicted octanol–water partition coefficient (Wildman–Crippen LogP) is 4.39. The zero-order chi connectivity index (χ0) is 19.6. The third-order valence-electron chi connectivity index (χ3n) is 4.80. The average Bonchev–Trinajstić information content (AvgIpc) is 2.53. The highest BCUT2D eigenvalue weighted by Crippen LogP contribution is 2.31. The van der Waals surface area contributed by atoms with Crippen molar-refractivity contribution in [1.29, 1.82) is 0 Å². The zero-order valence-electron chi connectivity index (χ0n) is 15.4. The second kappa shape index (κ2) is 7.76. The van der Waals surface area contributed by atoms with Gasteiger partial charge in [-0.15, -0.1) is 0 Å².